The van der Waals surface area contributed by atoms with Crippen LogP contribution in [0.1, 0.15) is 90.9 Å². The van der Waals surface area contributed by atoms with Gasteiger partial charge in [0, 0.05) is 22.7 Å². The van der Waals surface area contributed by atoms with Crippen LogP contribution in [0, 0.1) is 23.2 Å². The number of hydrogen-bond acceptors (Lipinski definition) is 8. The van der Waals surface area contributed by atoms with Crippen LogP contribution in [-0.4, -0.2) is 53.1 Å². The van der Waals surface area contributed by atoms with Gasteiger partial charge in [0.25, 0.3) is 20.2 Å². The van der Waals surface area contributed by atoms with Gasteiger partial charge >= 0.3 is 0 Å². The molecule has 0 radical (unpaired) electrons. The van der Waals surface area contributed by atoms with E-state index in [1.165, 1.54) is 23.2 Å². The minimum Gasteiger partial charge on any atom is -0.285 e. The van der Waals surface area contributed by atoms with Crippen molar-refractivity contribution >= 4 is 40.2 Å². The first-order valence-corrected chi connectivity index (χ1v) is 19.5. The van der Waals surface area contributed by atoms with E-state index in [0.717, 1.165) is 57.5 Å². The van der Waals surface area contributed by atoms with Crippen LogP contribution in [0.15, 0.2) is 21.8 Å². The third-order valence-corrected chi connectivity index (χ3v) is 17.3. The van der Waals surface area contributed by atoms with Crippen LogP contribution in [0.4, 0.5) is 0 Å². The lowest BCUT2D eigenvalue weighted by molar-refractivity contribution is -0.432. The third-order valence-electron chi connectivity index (χ3n) is 10.4. The number of allylic oxidation sites excluding steroid dienone is 4. The van der Waals surface area contributed by atoms with Gasteiger partial charge in [0.1, 0.15) is 0 Å². The second-order valence-electron chi connectivity index (χ2n) is 12.4. The van der Waals surface area contributed by atoms with Gasteiger partial charge in [-0.1, -0.05) is 31.0 Å². The molecule has 0 saturated heterocycles. The zero-order valence-corrected chi connectivity index (χ0v) is 26.0. The molecule has 2 atom stereocenters. The van der Waals surface area contributed by atoms with Crippen LogP contribution in [0.25, 0.3) is 0 Å². The van der Waals surface area contributed by atoms with Gasteiger partial charge in [0.05, 0.1) is 10.5 Å². The van der Waals surface area contributed by atoms with Gasteiger partial charge in [-0.05, 0) is 119 Å². The first kappa shape index (κ1) is 30.4. The number of rotatable bonds is 8. The first-order chi connectivity index (χ1) is 18.3. The molecular weight excluding hydrogens is 583 g/mol. The molecule has 3 N–H and O–H groups in total. The number of fused-ring (bicyclic) bond motifs is 2. The Bertz CT molecular complexity index is 1210. The summed E-state index contributed by atoms with van der Waals surface area (Å²) in [7, 11) is -8.58. The minimum atomic E-state index is -4.04. The average molecular weight is 625 g/mol. The zero-order chi connectivity index (χ0) is 28.2. The number of hydrogen-bond donors (Lipinski definition) is 3. The maximum absolute atomic E-state index is 11.8. The van der Waals surface area contributed by atoms with Crippen molar-refractivity contribution < 1.29 is 40.6 Å². The fourth-order valence-corrected chi connectivity index (χ4v) is 15.1. The van der Waals surface area contributed by atoms with E-state index in [0.29, 0.717) is 37.5 Å². The summed E-state index contributed by atoms with van der Waals surface area (Å²) in [5.41, 5.74) is 2.93. The Kier molecular flexibility index (Phi) is 9.02. The molecule has 2 bridgehead atoms. The van der Waals surface area contributed by atoms with E-state index in [-0.39, 0.29) is 16.6 Å². The highest BCUT2D eigenvalue weighted by Gasteiger charge is 2.56. The molecule has 13 heteroatoms. The van der Waals surface area contributed by atoms with Crippen molar-refractivity contribution in [1.29, 1.82) is 0 Å². The van der Waals surface area contributed by atoms with Crippen LogP contribution >= 0.6 is 20.0 Å². The Labute approximate surface area is 237 Å². The fraction of sp³-hybridized carbons (Fsp3) is 0.846. The molecule has 0 spiro atoms. The van der Waals surface area contributed by atoms with E-state index in [2.05, 4.69) is 18.9 Å². The second kappa shape index (κ2) is 11.6. The first-order valence-electron chi connectivity index (χ1n) is 14.1. The molecule has 5 rings (SSSR count). The lowest BCUT2D eigenvalue weighted by Gasteiger charge is -2.42. The van der Waals surface area contributed by atoms with Gasteiger partial charge in [0.2, 0.25) is 0 Å². The van der Waals surface area contributed by atoms with E-state index in [9.17, 15) is 25.9 Å². The van der Waals surface area contributed by atoms with Crippen molar-refractivity contribution in [3.8, 4) is 0 Å². The molecule has 0 amide bonds. The molecule has 3 saturated carbocycles. The molecule has 0 aromatic carbocycles. The van der Waals surface area contributed by atoms with Crippen molar-refractivity contribution in [2.75, 3.05) is 6.16 Å². The Morgan fingerprint density at radius 3 is 1.72 bits per heavy atom. The van der Waals surface area contributed by atoms with E-state index in [1.54, 1.807) is 10.6 Å². The Balaban J connectivity index is 1.42. The summed E-state index contributed by atoms with van der Waals surface area (Å²) in [6, 6.07) is 0. The molecule has 2 unspecified atom stereocenters. The zero-order valence-electron chi connectivity index (χ0n) is 22.6. The molecular formula is C26H41O9PS3. The molecule has 5 aliphatic rings. The van der Waals surface area contributed by atoms with Crippen molar-refractivity contribution in [2.45, 2.75) is 107 Å². The highest BCUT2D eigenvalue weighted by atomic mass is 32.2. The van der Waals surface area contributed by atoms with E-state index in [1.807, 2.05) is 0 Å². The maximum Gasteiger partial charge on any atom is 0.267 e. The summed E-state index contributed by atoms with van der Waals surface area (Å²) < 4.78 is 71.3. The molecule has 9 nitrogen and oxygen atoms in total. The molecule has 0 aromatic heterocycles. The highest BCUT2D eigenvalue weighted by Crippen LogP contribution is 2.79. The van der Waals surface area contributed by atoms with Crippen LogP contribution in [0.5, 0.6) is 0 Å². The molecule has 2 heterocycles. The molecule has 2 aliphatic heterocycles. The smallest absolute Gasteiger partial charge is 0.267 e. The summed E-state index contributed by atoms with van der Waals surface area (Å²) in [6.45, 7) is 4.68. The fourth-order valence-electron chi connectivity index (χ4n) is 8.35. The topological polar surface area (TPSA) is 147 Å². The Morgan fingerprint density at radius 1 is 0.769 bits per heavy atom. The van der Waals surface area contributed by atoms with Gasteiger partial charge in [0.15, 0.2) is 0 Å². The average Bonchev–Trinajstić information content (AvgIpc) is 3.34. The molecule has 0 aromatic rings. The van der Waals surface area contributed by atoms with Crippen molar-refractivity contribution in [3.63, 3.8) is 0 Å². The second-order valence-corrected chi connectivity index (χ2v) is 18.9. The normalized spacial score (nSPS) is 40.0. The molecule has 222 valence electrons. The van der Waals surface area contributed by atoms with E-state index < -0.39 is 38.7 Å². The minimum absolute atomic E-state index is 0.0503. The van der Waals surface area contributed by atoms with Crippen molar-refractivity contribution in [1.82, 2.24) is 0 Å². The van der Waals surface area contributed by atoms with Gasteiger partial charge in [-0.3, -0.25) is 9.11 Å². The predicted octanol–water partition coefficient (Wildman–Crippen LogP) is 6.55. The summed E-state index contributed by atoms with van der Waals surface area (Å²) in [5, 5.41) is 14.4. The van der Waals surface area contributed by atoms with Gasteiger partial charge in [-0.15, -0.1) is 4.33 Å². The largest absolute Gasteiger partial charge is 0.285 e. The maximum atomic E-state index is 11.8. The molecule has 39 heavy (non-hydrogen) atoms. The van der Waals surface area contributed by atoms with Gasteiger partial charge in [-0.25, -0.2) is 5.26 Å². The lowest BCUT2D eigenvalue weighted by atomic mass is 9.66. The van der Waals surface area contributed by atoms with Crippen LogP contribution in [0.2, 0.25) is 0 Å². The third kappa shape index (κ3) is 5.93. The van der Waals surface area contributed by atoms with E-state index in [4.69, 9.17) is 9.59 Å². The van der Waals surface area contributed by atoms with Crippen LogP contribution < -0.4 is 0 Å². The Hall–Kier alpha value is -0.0400. The monoisotopic (exact) mass is 624 g/mol. The molecule has 3 fully saturated rings. The highest BCUT2D eigenvalue weighted by molar-refractivity contribution is 7.95. The lowest BCUT2D eigenvalue weighted by Crippen LogP contribution is -2.33. The van der Waals surface area contributed by atoms with E-state index >= 15 is 0 Å². The van der Waals surface area contributed by atoms with Crippen LogP contribution in [-0.2, 0) is 29.6 Å². The summed E-state index contributed by atoms with van der Waals surface area (Å²) >= 11 is 1.18. The summed E-state index contributed by atoms with van der Waals surface area (Å²) in [6.07, 6.45) is 10.1. The summed E-state index contributed by atoms with van der Waals surface area (Å²) in [4.78, 5) is 0. The van der Waals surface area contributed by atoms with Crippen molar-refractivity contribution in [2.24, 2.45) is 23.2 Å². The predicted molar refractivity (Wildman–Crippen MR) is 152 cm³/mol. The van der Waals surface area contributed by atoms with Crippen LogP contribution in [0.3, 0.4) is 0 Å². The Morgan fingerprint density at radius 2 is 1.23 bits per heavy atom. The van der Waals surface area contributed by atoms with Gasteiger partial charge in [-0.2, -0.15) is 16.8 Å². The molecule has 3 aliphatic carbocycles. The SMILES string of the molecule is CC1=C(C2CCC(SOOO)CC2)P2CC1(C)C(C1CCC(S(=O)(=O)O)CC1)=C2C1CCC(S(=O)(=O)O)CC1. The standard InChI is InChI=1S/C26H41O9PS3/c1-16-24(18-3-9-20(10-4-18)37-35-34-27)36-15-26(16,2)23(17-5-11-21(12-6-17)38(28,29)30)25(36)19-7-13-22(14-8-19)39(31,32)33/h17-22,27H,3-15H2,1-2H3,(H,28,29,30)(H,31,32,33). The summed E-state index contributed by atoms with van der Waals surface area (Å²) in [5.74, 6) is 1.09. The quantitative estimate of drug-likeness (QED) is 0.0893. The van der Waals surface area contributed by atoms with Gasteiger partial charge < -0.3 is 0 Å². The van der Waals surface area contributed by atoms with Crippen molar-refractivity contribution in [3.05, 3.63) is 21.8 Å².